The zero-order valence-corrected chi connectivity index (χ0v) is 18.6. The molecule has 1 amide bonds. The third-order valence-electron chi connectivity index (χ3n) is 5.44. The summed E-state index contributed by atoms with van der Waals surface area (Å²) in [5.74, 6) is 1.22. The maximum Gasteiger partial charge on any atom is 0.272 e. The van der Waals surface area contributed by atoms with Crippen LogP contribution in [0.25, 0.3) is 0 Å². The monoisotopic (exact) mass is 436 g/mol. The molecule has 0 bridgehead atoms. The van der Waals surface area contributed by atoms with Gasteiger partial charge in [-0.25, -0.2) is 4.98 Å². The average Bonchev–Trinajstić information content (AvgIpc) is 3.32. The smallest absolute Gasteiger partial charge is 0.272 e. The average molecular weight is 437 g/mol. The molecule has 162 valence electrons. The first-order valence-electron chi connectivity index (χ1n) is 10.7. The van der Waals surface area contributed by atoms with Gasteiger partial charge in [0.1, 0.15) is 16.5 Å². The Bertz CT molecular complexity index is 947. The summed E-state index contributed by atoms with van der Waals surface area (Å²) in [6, 6.07) is 13.8. The summed E-state index contributed by atoms with van der Waals surface area (Å²) in [6.07, 6.45) is 5.58. The number of pyridine rings is 1. The molecule has 6 nitrogen and oxygen atoms in total. The second-order valence-corrected chi connectivity index (χ2v) is 9.01. The van der Waals surface area contributed by atoms with Gasteiger partial charge in [0.05, 0.1) is 13.2 Å². The zero-order valence-electron chi connectivity index (χ0n) is 17.8. The number of piperidine rings is 1. The van der Waals surface area contributed by atoms with Gasteiger partial charge < -0.3 is 9.64 Å². The number of aromatic nitrogens is 2. The Balaban J connectivity index is 1.24. The molecule has 4 rings (SSSR count). The maximum atomic E-state index is 12.7. The van der Waals surface area contributed by atoms with Gasteiger partial charge in [-0.15, -0.1) is 11.3 Å². The van der Waals surface area contributed by atoms with Crippen molar-refractivity contribution >= 4 is 17.2 Å². The SMILES string of the molecule is CN(Cc1ccc(OC[C@H]2CCCN(C(=O)c3ccccn3)C2)cc1)Cc1nccs1. The number of ether oxygens (including phenoxy) is 1. The first-order chi connectivity index (χ1) is 15.2. The Morgan fingerprint density at radius 2 is 2.03 bits per heavy atom. The molecular weight excluding hydrogens is 408 g/mol. The summed E-state index contributed by atoms with van der Waals surface area (Å²) in [7, 11) is 2.10. The lowest BCUT2D eigenvalue weighted by atomic mass is 9.98. The molecule has 2 aromatic heterocycles. The van der Waals surface area contributed by atoms with Crippen molar-refractivity contribution in [1.29, 1.82) is 0 Å². The van der Waals surface area contributed by atoms with Gasteiger partial charge in [0.2, 0.25) is 0 Å². The van der Waals surface area contributed by atoms with Crippen LogP contribution < -0.4 is 4.74 Å². The van der Waals surface area contributed by atoms with Crippen LogP contribution in [-0.2, 0) is 13.1 Å². The lowest BCUT2D eigenvalue weighted by molar-refractivity contribution is 0.0627. The first-order valence-corrected chi connectivity index (χ1v) is 11.5. The normalized spacial score (nSPS) is 16.5. The van der Waals surface area contributed by atoms with E-state index in [-0.39, 0.29) is 5.91 Å². The topological polar surface area (TPSA) is 58.6 Å². The molecule has 3 heterocycles. The van der Waals surface area contributed by atoms with E-state index < -0.39 is 0 Å². The van der Waals surface area contributed by atoms with E-state index in [9.17, 15) is 4.79 Å². The van der Waals surface area contributed by atoms with E-state index in [2.05, 4.69) is 34.0 Å². The molecule has 1 aromatic carbocycles. The van der Waals surface area contributed by atoms with Crippen molar-refractivity contribution in [2.24, 2.45) is 5.92 Å². The third kappa shape index (κ3) is 6.12. The van der Waals surface area contributed by atoms with Crippen molar-refractivity contribution < 1.29 is 9.53 Å². The van der Waals surface area contributed by atoms with Crippen LogP contribution in [0.5, 0.6) is 5.75 Å². The molecule has 0 N–H and O–H groups in total. The fourth-order valence-corrected chi connectivity index (χ4v) is 4.57. The van der Waals surface area contributed by atoms with Crippen LogP contribution in [0.4, 0.5) is 0 Å². The highest BCUT2D eigenvalue weighted by Gasteiger charge is 2.25. The third-order valence-corrected chi connectivity index (χ3v) is 6.20. The lowest BCUT2D eigenvalue weighted by Crippen LogP contribution is -2.41. The molecule has 0 spiro atoms. The number of nitrogens with zero attached hydrogens (tertiary/aromatic N) is 4. The molecular formula is C24H28N4O2S. The number of rotatable bonds is 8. The molecule has 1 saturated heterocycles. The van der Waals surface area contributed by atoms with Gasteiger partial charge in [-0.05, 0) is 49.7 Å². The molecule has 0 aliphatic carbocycles. The summed E-state index contributed by atoms with van der Waals surface area (Å²) >= 11 is 1.68. The Morgan fingerprint density at radius 1 is 1.16 bits per heavy atom. The quantitative estimate of drug-likeness (QED) is 0.532. The number of amides is 1. The molecule has 0 radical (unpaired) electrons. The summed E-state index contributed by atoms with van der Waals surface area (Å²) in [5.41, 5.74) is 1.76. The van der Waals surface area contributed by atoms with E-state index in [0.29, 0.717) is 18.2 Å². The van der Waals surface area contributed by atoms with Gasteiger partial charge >= 0.3 is 0 Å². The molecule has 1 fully saturated rings. The van der Waals surface area contributed by atoms with E-state index >= 15 is 0 Å². The summed E-state index contributed by atoms with van der Waals surface area (Å²) in [5, 5.41) is 3.14. The summed E-state index contributed by atoms with van der Waals surface area (Å²) in [4.78, 5) is 25.4. The van der Waals surface area contributed by atoms with Gasteiger partial charge in [-0.3, -0.25) is 14.7 Å². The highest BCUT2D eigenvalue weighted by Crippen LogP contribution is 2.21. The number of carbonyl (C=O) groups is 1. The number of thiazole rings is 1. The van der Waals surface area contributed by atoms with Gasteiger partial charge in [0, 0.05) is 43.3 Å². The second-order valence-electron chi connectivity index (χ2n) is 8.03. The van der Waals surface area contributed by atoms with Crippen LogP contribution in [0, 0.1) is 5.92 Å². The molecule has 1 atom stereocenters. The minimum atomic E-state index is 0.0107. The van der Waals surface area contributed by atoms with Gasteiger partial charge in [-0.1, -0.05) is 18.2 Å². The lowest BCUT2D eigenvalue weighted by Gasteiger charge is -2.32. The molecule has 7 heteroatoms. The zero-order chi connectivity index (χ0) is 21.5. The molecule has 0 unspecified atom stereocenters. The van der Waals surface area contributed by atoms with Crippen molar-refractivity contribution in [3.8, 4) is 5.75 Å². The first kappa shape index (κ1) is 21.5. The van der Waals surface area contributed by atoms with Crippen molar-refractivity contribution in [3.63, 3.8) is 0 Å². The number of carbonyl (C=O) groups excluding carboxylic acids is 1. The van der Waals surface area contributed by atoms with E-state index in [1.165, 1.54) is 5.56 Å². The summed E-state index contributed by atoms with van der Waals surface area (Å²) in [6.45, 7) is 3.85. The Hall–Kier alpha value is -2.77. The predicted molar refractivity (Wildman–Crippen MR) is 122 cm³/mol. The number of hydrogen-bond acceptors (Lipinski definition) is 6. The largest absolute Gasteiger partial charge is 0.493 e. The standard InChI is InChI=1S/C24H28N4O2S/c1-27(17-23-26-12-14-31-23)15-19-7-9-21(10-8-19)30-18-20-5-4-13-28(16-20)24(29)22-6-2-3-11-25-22/h2-3,6-12,14,20H,4-5,13,15-18H2,1H3/t20-/m0/s1. The molecule has 0 saturated carbocycles. The summed E-state index contributed by atoms with van der Waals surface area (Å²) < 4.78 is 6.05. The number of likely N-dealkylation sites (tertiary alicyclic amines) is 1. The van der Waals surface area contributed by atoms with Gasteiger partial charge in [0.15, 0.2) is 0 Å². The minimum Gasteiger partial charge on any atom is -0.493 e. The van der Waals surface area contributed by atoms with E-state index in [0.717, 1.165) is 49.8 Å². The van der Waals surface area contributed by atoms with Crippen molar-refractivity contribution in [3.05, 3.63) is 76.5 Å². The van der Waals surface area contributed by atoms with Crippen LogP contribution in [0.2, 0.25) is 0 Å². The molecule has 31 heavy (non-hydrogen) atoms. The Kier molecular flexibility index (Phi) is 7.27. The predicted octanol–water partition coefficient (Wildman–Crippen LogP) is 4.10. The molecule has 1 aliphatic rings. The van der Waals surface area contributed by atoms with Gasteiger partial charge in [0.25, 0.3) is 5.91 Å². The van der Waals surface area contributed by atoms with E-state index in [4.69, 9.17) is 4.74 Å². The van der Waals surface area contributed by atoms with Crippen LogP contribution in [0.3, 0.4) is 0 Å². The minimum absolute atomic E-state index is 0.0107. The number of benzene rings is 1. The molecule has 3 aromatic rings. The van der Waals surface area contributed by atoms with Crippen LogP contribution in [-0.4, -0.2) is 52.4 Å². The van der Waals surface area contributed by atoms with Crippen LogP contribution >= 0.6 is 11.3 Å². The van der Waals surface area contributed by atoms with Crippen molar-refractivity contribution in [1.82, 2.24) is 19.8 Å². The van der Waals surface area contributed by atoms with E-state index in [1.54, 1.807) is 23.6 Å². The number of hydrogen-bond donors (Lipinski definition) is 0. The van der Waals surface area contributed by atoms with Gasteiger partial charge in [-0.2, -0.15) is 0 Å². The Labute approximate surface area is 187 Å². The fraction of sp³-hybridized carbons (Fsp3) is 0.375. The highest BCUT2D eigenvalue weighted by atomic mass is 32.1. The second kappa shape index (κ2) is 10.5. The van der Waals surface area contributed by atoms with Crippen molar-refractivity contribution in [2.45, 2.75) is 25.9 Å². The highest BCUT2D eigenvalue weighted by molar-refractivity contribution is 7.09. The van der Waals surface area contributed by atoms with Crippen LogP contribution in [0.1, 0.15) is 33.9 Å². The fourth-order valence-electron chi connectivity index (χ4n) is 3.87. The maximum absolute atomic E-state index is 12.7. The molecule has 1 aliphatic heterocycles. The Morgan fingerprint density at radius 3 is 2.77 bits per heavy atom. The van der Waals surface area contributed by atoms with Crippen molar-refractivity contribution in [2.75, 3.05) is 26.7 Å². The van der Waals surface area contributed by atoms with Crippen LogP contribution in [0.15, 0.2) is 60.2 Å². The van der Waals surface area contributed by atoms with E-state index in [1.807, 2.05) is 40.7 Å².